The van der Waals surface area contributed by atoms with E-state index in [1.165, 1.54) is 0 Å². The monoisotopic (exact) mass is 389 g/mol. The van der Waals surface area contributed by atoms with Crippen LogP contribution in [0.1, 0.15) is 30.1 Å². The number of aromatic carboxylic acids is 1. The van der Waals surface area contributed by atoms with E-state index < -0.39 is 5.97 Å². The summed E-state index contributed by atoms with van der Waals surface area (Å²) in [6, 6.07) is 15.7. The van der Waals surface area contributed by atoms with Crippen molar-refractivity contribution in [1.82, 2.24) is 9.97 Å². The Morgan fingerprint density at radius 2 is 2.00 bits per heavy atom. The van der Waals surface area contributed by atoms with Gasteiger partial charge in [0, 0.05) is 18.0 Å². The van der Waals surface area contributed by atoms with E-state index in [4.69, 9.17) is 9.97 Å². The number of carboxylic acid groups (broad SMARTS) is 1. The standard InChI is InChI=1S/C22H19N3O2S/c1-13-5-4-10-25(13)18-12-15-11-14(22(26)27)8-9-16(15)23-20(18)21-24-17-6-2-3-7-19(17)28-21/h2-3,6-9,11-13H,4-5,10H2,1H3,(H,26,27)/t13-/m0/s1. The van der Waals surface area contributed by atoms with Gasteiger partial charge >= 0.3 is 5.97 Å². The van der Waals surface area contributed by atoms with Gasteiger partial charge in [0.25, 0.3) is 0 Å². The number of pyridine rings is 1. The first-order valence-corrected chi connectivity index (χ1v) is 10.2. The Hall–Kier alpha value is -2.99. The summed E-state index contributed by atoms with van der Waals surface area (Å²) in [5.41, 5.74) is 3.97. The summed E-state index contributed by atoms with van der Waals surface area (Å²) >= 11 is 1.65. The third-order valence-corrected chi connectivity index (χ3v) is 6.44. The van der Waals surface area contributed by atoms with Crippen molar-refractivity contribution in [2.75, 3.05) is 11.4 Å². The molecule has 0 radical (unpaired) electrons. The SMILES string of the molecule is C[C@H]1CCCN1c1cc2cc(C(=O)O)ccc2nc1-c1nc2ccccc2s1. The van der Waals surface area contributed by atoms with Crippen molar-refractivity contribution in [2.24, 2.45) is 0 Å². The number of para-hydroxylation sites is 1. The highest BCUT2D eigenvalue weighted by atomic mass is 32.1. The lowest BCUT2D eigenvalue weighted by atomic mass is 10.1. The van der Waals surface area contributed by atoms with Crippen LogP contribution in [0.2, 0.25) is 0 Å². The van der Waals surface area contributed by atoms with Gasteiger partial charge in [0.05, 0.1) is 27.0 Å². The predicted molar refractivity (Wildman–Crippen MR) is 113 cm³/mol. The molecule has 1 aliphatic heterocycles. The highest BCUT2D eigenvalue weighted by molar-refractivity contribution is 7.21. The molecule has 0 bridgehead atoms. The lowest BCUT2D eigenvalue weighted by Crippen LogP contribution is -2.27. The zero-order valence-electron chi connectivity index (χ0n) is 15.4. The topological polar surface area (TPSA) is 66.3 Å². The number of aromatic nitrogens is 2. The normalized spacial score (nSPS) is 16.9. The second-order valence-electron chi connectivity index (χ2n) is 7.24. The number of thiazole rings is 1. The van der Waals surface area contributed by atoms with Gasteiger partial charge in [-0.25, -0.2) is 14.8 Å². The Kier molecular flexibility index (Phi) is 4.02. The fourth-order valence-corrected chi connectivity index (χ4v) is 4.90. The largest absolute Gasteiger partial charge is 0.478 e. The smallest absolute Gasteiger partial charge is 0.335 e. The number of rotatable bonds is 3. The van der Waals surface area contributed by atoms with E-state index in [0.29, 0.717) is 6.04 Å². The quantitative estimate of drug-likeness (QED) is 0.522. The van der Waals surface area contributed by atoms with Gasteiger partial charge in [-0.2, -0.15) is 0 Å². The van der Waals surface area contributed by atoms with Gasteiger partial charge in [0.1, 0.15) is 10.7 Å². The minimum absolute atomic E-state index is 0.280. The number of carbonyl (C=O) groups is 1. The number of anilines is 1. The molecule has 0 saturated carbocycles. The molecule has 1 N–H and O–H groups in total. The Labute approximate surface area is 166 Å². The Morgan fingerprint density at radius 1 is 1.14 bits per heavy atom. The highest BCUT2D eigenvalue weighted by Crippen LogP contribution is 2.39. The van der Waals surface area contributed by atoms with Gasteiger partial charge in [0.2, 0.25) is 0 Å². The summed E-state index contributed by atoms with van der Waals surface area (Å²) in [6.07, 6.45) is 2.29. The maximum atomic E-state index is 11.4. The molecule has 6 heteroatoms. The first kappa shape index (κ1) is 17.1. The van der Waals surface area contributed by atoms with Crippen molar-refractivity contribution in [3.05, 3.63) is 54.1 Å². The molecule has 140 valence electrons. The minimum Gasteiger partial charge on any atom is -0.478 e. The molecule has 1 saturated heterocycles. The van der Waals surface area contributed by atoms with Crippen LogP contribution in [0.5, 0.6) is 0 Å². The zero-order valence-corrected chi connectivity index (χ0v) is 16.2. The molecule has 0 amide bonds. The third-order valence-electron chi connectivity index (χ3n) is 5.40. The van der Waals surface area contributed by atoms with E-state index >= 15 is 0 Å². The zero-order chi connectivity index (χ0) is 19.3. The summed E-state index contributed by atoms with van der Waals surface area (Å²) in [4.78, 5) is 23.5. The number of benzene rings is 2. The fourth-order valence-electron chi connectivity index (χ4n) is 3.94. The van der Waals surface area contributed by atoms with E-state index in [1.807, 2.05) is 18.2 Å². The van der Waals surface area contributed by atoms with E-state index in [1.54, 1.807) is 29.5 Å². The molecule has 5 rings (SSSR count). The molecule has 3 heterocycles. The van der Waals surface area contributed by atoms with Crippen molar-refractivity contribution >= 4 is 44.1 Å². The molecule has 1 fully saturated rings. The Morgan fingerprint density at radius 3 is 2.75 bits per heavy atom. The number of hydrogen-bond donors (Lipinski definition) is 1. The summed E-state index contributed by atoms with van der Waals surface area (Å²) in [5, 5.41) is 11.1. The number of carboxylic acids is 1. The Balaban J connectivity index is 1.75. The summed E-state index contributed by atoms with van der Waals surface area (Å²) < 4.78 is 1.14. The fraction of sp³-hybridized carbons (Fsp3) is 0.227. The Bertz CT molecular complexity index is 1180. The second kappa shape index (κ2) is 6.56. The molecule has 28 heavy (non-hydrogen) atoms. The highest BCUT2D eigenvalue weighted by Gasteiger charge is 2.26. The van der Waals surface area contributed by atoms with Gasteiger partial charge < -0.3 is 10.0 Å². The molecule has 0 spiro atoms. The van der Waals surface area contributed by atoms with Gasteiger partial charge in [-0.05, 0) is 56.2 Å². The van der Waals surface area contributed by atoms with E-state index in [0.717, 1.165) is 56.9 Å². The van der Waals surface area contributed by atoms with Crippen LogP contribution in [0.25, 0.3) is 31.8 Å². The molecule has 0 unspecified atom stereocenters. The van der Waals surface area contributed by atoms with E-state index in [9.17, 15) is 9.90 Å². The van der Waals surface area contributed by atoms with Gasteiger partial charge in [0.15, 0.2) is 0 Å². The lowest BCUT2D eigenvalue weighted by Gasteiger charge is -2.26. The van der Waals surface area contributed by atoms with Crippen LogP contribution in [0.15, 0.2) is 48.5 Å². The van der Waals surface area contributed by atoms with Crippen LogP contribution in [-0.2, 0) is 0 Å². The van der Waals surface area contributed by atoms with Gasteiger partial charge in [-0.3, -0.25) is 0 Å². The molecule has 2 aromatic heterocycles. The number of nitrogens with zero attached hydrogens (tertiary/aromatic N) is 3. The first-order chi connectivity index (χ1) is 13.6. The maximum Gasteiger partial charge on any atom is 0.335 e. The minimum atomic E-state index is -0.923. The summed E-state index contributed by atoms with van der Waals surface area (Å²) in [5.74, 6) is -0.923. The number of fused-ring (bicyclic) bond motifs is 2. The van der Waals surface area contributed by atoms with Crippen LogP contribution in [-0.4, -0.2) is 33.6 Å². The van der Waals surface area contributed by atoms with Crippen LogP contribution >= 0.6 is 11.3 Å². The van der Waals surface area contributed by atoms with Crippen molar-refractivity contribution in [3.63, 3.8) is 0 Å². The van der Waals surface area contributed by atoms with Crippen LogP contribution in [0.3, 0.4) is 0 Å². The third kappa shape index (κ3) is 2.81. The summed E-state index contributed by atoms with van der Waals surface area (Å²) in [7, 11) is 0. The van der Waals surface area contributed by atoms with E-state index in [2.05, 4.69) is 24.0 Å². The average molecular weight is 389 g/mol. The average Bonchev–Trinajstić information content (AvgIpc) is 3.32. The van der Waals surface area contributed by atoms with Crippen LogP contribution in [0, 0.1) is 0 Å². The van der Waals surface area contributed by atoms with Crippen LogP contribution < -0.4 is 4.90 Å². The lowest BCUT2D eigenvalue weighted by molar-refractivity contribution is 0.0697. The molecule has 4 aromatic rings. The van der Waals surface area contributed by atoms with Crippen molar-refractivity contribution < 1.29 is 9.90 Å². The second-order valence-corrected chi connectivity index (χ2v) is 8.27. The maximum absolute atomic E-state index is 11.4. The van der Waals surface area contributed by atoms with E-state index in [-0.39, 0.29) is 5.56 Å². The number of hydrogen-bond acceptors (Lipinski definition) is 5. The molecule has 1 aliphatic rings. The molecular weight excluding hydrogens is 370 g/mol. The molecular formula is C22H19N3O2S. The van der Waals surface area contributed by atoms with Crippen LogP contribution in [0.4, 0.5) is 5.69 Å². The van der Waals surface area contributed by atoms with Crippen molar-refractivity contribution in [1.29, 1.82) is 0 Å². The first-order valence-electron chi connectivity index (χ1n) is 9.41. The molecule has 5 nitrogen and oxygen atoms in total. The van der Waals surface area contributed by atoms with Gasteiger partial charge in [-0.1, -0.05) is 12.1 Å². The van der Waals surface area contributed by atoms with Crippen molar-refractivity contribution in [2.45, 2.75) is 25.8 Å². The molecule has 0 aliphatic carbocycles. The predicted octanol–water partition coefficient (Wildman–Crippen LogP) is 5.20. The molecule has 2 aromatic carbocycles. The van der Waals surface area contributed by atoms with Gasteiger partial charge in [-0.15, -0.1) is 11.3 Å². The molecule has 1 atom stereocenters. The summed E-state index contributed by atoms with van der Waals surface area (Å²) in [6.45, 7) is 3.21. The van der Waals surface area contributed by atoms with Crippen molar-refractivity contribution in [3.8, 4) is 10.7 Å².